The third-order valence-corrected chi connectivity index (χ3v) is 3.52. The smallest absolute Gasteiger partial charge is 0.331 e. The van der Waals surface area contributed by atoms with Crippen LogP contribution in [0.2, 0.25) is 0 Å². The largest absolute Gasteiger partial charge is 0.491 e. The highest BCUT2D eigenvalue weighted by Gasteiger charge is 2.15. The van der Waals surface area contributed by atoms with Crippen LogP contribution in [0, 0.1) is 22.7 Å². The summed E-state index contributed by atoms with van der Waals surface area (Å²) in [5.74, 6) is 0.446. The number of aliphatic hydroxyl groups excluding tert-OH is 1. The van der Waals surface area contributed by atoms with E-state index in [0.29, 0.717) is 17.9 Å². The normalized spacial score (nSPS) is 11.4. The summed E-state index contributed by atoms with van der Waals surface area (Å²) in [6.45, 7) is 1.57. The number of aliphatic hydroxyl groups is 1. The first-order valence-corrected chi connectivity index (χ1v) is 7.55. The van der Waals surface area contributed by atoms with Crippen molar-refractivity contribution in [3.8, 4) is 17.9 Å². The molecule has 0 aliphatic carbocycles. The van der Waals surface area contributed by atoms with Gasteiger partial charge in [-0.15, -0.1) is 0 Å². The summed E-state index contributed by atoms with van der Waals surface area (Å²) < 4.78 is 7.44. The Morgan fingerprint density at radius 3 is 2.44 bits per heavy atom. The third kappa shape index (κ3) is 4.14. The minimum atomic E-state index is -1.12. The molecule has 1 unspecified atom stereocenters. The molecule has 0 saturated heterocycles. The zero-order valence-corrected chi connectivity index (χ0v) is 13.5. The van der Waals surface area contributed by atoms with Crippen molar-refractivity contribution in [2.24, 2.45) is 0 Å². The molecule has 25 heavy (non-hydrogen) atoms. The van der Waals surface area contributed by atoms with E-state index in [4.69, 9.17) is 15.3 Å². The van der Waals surface area contributed by atoms with Crippen molar-refractivity contribution in [3.63, 3.8) is 0 Å². The van der Waals surface area contributed by atoms with Crippen molar-refractivity contribution in [1.82, 2.24) is 9.13 Å². The first kappa shape index (κ1) is 18.0. The van der Waals surface area contributed by atoms with E-state index in [-0.39, 0.29) is 18.7 Å². The van der Waals surface area contributed by atoms with Crippen LogP contribution >= 0.6 is 0 Å². The minimum Gasteiger partial charge on any atom is -0.491 e. The molecule has 0 amide bonds. The maximum atomic E-state index is 12.2. The van der Waals surface area contributed by atoms with Gasteiger partial charge in [-0.3, -0.25) is 13.9 Å². The maximum Gasteiger partial charge on any atom is 0.331 e. The van der Waals surface area contributed by atoms with Gasteiger partial charge in [-0.25, -0.2) is 4.79 Å². The van der Waals surface area contributed by atoms with Gasteiger partial charge in [0.15, 0.2) is 0 Å². The van der Waals surface area contributed by atoms with Gasteiger partial charge in [0.2, 0.25) is 0 Å². The Hall–Kier alpha value is -3.36. The molecule has 1 aromatic heterocycles. The van der Waals surface area contributed by atoms with Gasteiger partial charge >= 0.3 is 5.69 Å². The molecule has 1 atom stereocenters. The van der Waals surface area contributed by atoms with Crippen LogP contribution in [-0.4, -0.2) is 27.0 Å². The van der Waals surface area contributed by atoms with Gasteiger partial charge in [-0.05, 0) is 31.2 Å². The van der Waals surface area contributed by atoms with Gasteiger partial charge < -0.3 is 9.84 Å². The topological polar surface area (TPSA) is 121 Å². The number of rotatable bonds is 6. The fraction of sp³-hybridized carbons (Fsp3) is 0.294. The van der Waals surface area contributed by atoms with E-state index in [1.165, 1.54) is 10.8 Å². The van der Waals surface area contributed by atoms with E-state index in [9.17, 15) is 14.7 Å². The predicted molar refractivity (Wildman–Crippen MR) is 88.0 cm³/mol. The third-order valence-electron chi connectivity index (χ3n) is 3.52. The number of aromatic nitrogens is 2. The van der Waals surface area contributed by atoms with Crippen LogP contribution in [0.1, 0.15) is 18.1 Å². The summed E-state index contributed by atoms with van der Waals surface area (Å²) in [5, 5.41) is 27.8. The lowest BCUT2D eigenvalue weighted by atomic mass is 10.2. The lowest BCUT2D eigenvalue weighted by molar-refractivity contribution is 0.0899. The van der Waals surface area contributed by atoms with Crippen LogP contribution in [0.5, 0.6) is 5.75 Å². The minimum absolute atomic E-state index is 0.152. The molecule has 0 aliphatic heterocycles. The van der Waals surface area contributed by atoms with Crippen LogP contribution in [0.3, 0.4) is 0 Å². The van der Waals surface area contributed by atoms with Gasteiger partial charge in [0, 0.05) is 12.7 Å². The molecule has 0 radical (unpaired) electrons. The van der Waals surface area contributed by atoms with E-state index in [2.05, 4.69) is 0 Å². The fourth-order valence-corrected chi connectivity index (χ4v) is 2.20. The quantitative estimate of drug-likeness (QED) is 0.802. The molecular weight excluding hydrogens is 324 g/mol. The molecule has 0 spiro atoms. The second-order valence-corrected chi connectivity index (χ2v) is 5.24. The van der Waals surface area contributed by atoms with Gasteiger partial charge in [0.1, 0.15) is 30.1 Å². The average molecular weight is 340 g/mol. The monoisotopic (exact) mass is 340 g/mol. The molecule has 128 valence electrons. The maximum absolute atomic E-state index is 12.2. The molecule has 8 nitrogen and oxygen atoms in total. The SMILES string of the molecule is CCn1cc(C#N)c(=O)n(CC(O)COc2ccc(C#N)cc2)c1=O. The molecule has 1 aromatic carbocycles. The fourth-order valence-electron chi connectivity index (χ4n) is 2.20. The highest BCUT2D eigenvalue weighted by Crippen LogP contribution is 2.11. The van der Waals surface area contributed by atoms with Crippen LogP contribution in [0.15, 0.2) is 40.1 Å². The van der Waals surface area contributed by atoms with Gasteiger partial charge in [-0.1, -0.05) is 0 Å². The van der Waals surface area contributed by atoms with Crippen LogP contribution < -0.4 is 16.0 Å². The number of nitrogens with zero attached hydrogens (tertiary/aromatic N) is 4. The summed E-state index contributed by atoms with van der Waals surface area (Å²) in [4.78, 5) is 24.3. The predicted octanol–water partition coefficient (Wildman–Crippen LogP) is 0.213. The summed E-state index contributed by atoms with van der Waals surface area (Å²) in [7, 11) is 0. The summed E-state index contributed by atoms with van der Waals surface area (Å²) in [5.41, 5.74) is -1.02. The summed E-state index contributed by atoms with van der Waals surface area (Å²) >= 11 is 0. The van der Waals surface area contributed by atoms with E-state index >= 15 is 0 Å². The van der Waals surface area contributed by atoms with Crippen molar-refractivity contribution in [1.29, 1.82) is 10.5 Å². The highest BCUT2D eigenvalue weighted by atomic mass is 16.5. The second kappa shape index (κ2) is 7.95. The molecule has 1 N–H and O–H groups in total. The van der Waals surface area contributed by atoms with E-state index in [1.54, 1.807) is 37.3 Å². The standard InChI is InChI=1S/C17H16N4O4/c1-2-20-9-13(8-19)16(23)21(17(20)24)10-14(22)11-25-15-5-3-12(7-18)4-6-15/h3-6,9,14,22H,2,10-11H2,1H3. The molecule has 2 rings (SSSR count). The Balaban J connectivity index is 2.13. The van der Waals surface area contributed by atoms with E-state index in [1.807, 2.05) is 6.07 Å². The number of ether oxygens (including phenoxy) is 1. The highest BCUT2D eigenvalue weighted by molar-refractivity contribution is 5.34. The molecular formula is C17H16N4O4. The molecule has 2 aromatic rings. The molecule has 8 heteroatoms. The average Bonchev–Trinajstić information content (AvgIpc) is 2.64. The second-order valence-electron chi connectivity index (χ2n) is 5.24. The first-order chi connectivity index (χ1) is 12.0. The Kier molecular flexibility index (Phi) is 5.72. The van der Waals surface area contributed by atoms with Crippen LogP contribution in [-0.2, 0) is 13.1 Å². The van der Waals surface area contributed by atoms with Crippen molar-refractivity contribution >= 4 is 0 Å². The van der Waals surface area contributed by atoms with Gasteiger partial charge in [0.25, 0.3) is 5.56 Å². The number of aryl methyl sites for hydroxylation is 1. The summed E-state index contributed by atoms with van der Waals surface area (Å²) in [6, 6.07) is 10.0. The van der Waals surface area contributed by atoms with Gasteiger partial charge in [0.05, 0.1) is 18.2 Å². The van der Waals surface area contributed by atoms with Crippen molar-refractivity contribution in [3.05, 3.63) is 62.4 Å². The van der Waals surface area contributed by atoms with E-state index < -0.39 is 17.4 Å². The zero-order chi connectivity index (χ0) is 18.4. The zero-order valence-electron chi connectivity index (χ0n) is 13.5. The van der Waals surface area contributed by atoms with Crippen LogP contribution in [0.25, 0.3) is 0 Å². The molecule has 0 fully saturated rings. The Morgan fingerprint density at radius 2 is 1.88 bits per heavy atom. The molecule has 0 aliphatic rings. The van der Waals surface area contributed by atoms with Gasteiger partial charge in [-0.2, -0.15) is 10.5 Å². The Morgan fingerprint density at radius 1 is 1.20 bits per heavy atom. The Bertz CT molecular complexity index is 945. The van der Waals surface area contributed by atoms with Crippen LogP contribution in [0.4, 0.5) is 0 Å². The molecule has 0 saturated carbocycles. The number of hydrogen-bond donors (Lipinski definition) is 1. The van der Waals surface area contributed by atoms with Crippen molar-refractivity contribution < 1.29 is 9.84 Å². The van der Waals surface area contributed by atoms with Crippen molar-refractivity contribution in [2.75, 3.05) is 6.61 Å². The Labute approximate surface area is 143 Å². The van der Waals surface area contributed by atoms with Crippen molar-refractivity contribution in [2.45, 2.75) is 26.1 Å². The number of hydrogen-bond acceptors (Lipinski definition) is 6. The lowest BCUT2D eigenvalue weighted by Gasteiger charge is -2.15. The lowest BCUT2D eigenvalue weighted by Crippen LogP contribution is -2.44. The molecule has 1 heterocycles. The number of benzene rings is 1. The van der Waals surface area contributed by atoms with E-state index in [0.717, 1.165) is 4.57 Å². The molecule has 0 bridgehead atoms. The number of nitriles is 2. The first-order valence-electron chi connectivity index (χ1n) is 7.55. The summed E-state index contributed by atoms with van der Waals surface area (Å²) in [6.07, 6.45) is 0.0844.